The molecule has 1 aliphatic rings. The second kappa shape index (κ2) is 4.62. The third-order valence-electron chi connectivity index (χ3n) is 1.75. The van der Waals surface area contributed by atoms with Gasteiger partial charge in [-0.1, -0.05) is 31.2 Å². The van der Waals surface area contributed by atoms with Crippen LogP contribution in [0.25, 0.3) is 0 Å². The van der Waals surface area contributed by atoms with Crippen LogP contribution in [0.2, 0.25) is 0 Å². The van der Waals surface area contributed by atoms with Gasteiger partial charge in [-0.05, 0) is 5.92 Å². The topological polar surface area (TPSA) is 20.2 Å². The fourth-order valence-corrected chi connectivity index (χ4v) is 2.07. The Balaban J connectivity index is 2.33. The molecule has 0 radical (unpaired) electrons. The summed E-state index contributed by atoms with van der Waals surface area (Å²) in [5.41, 5.74) is 0. The van der Waals surface area contributed by atoms with Gasteiger partial charge >= 0.3 is 0 Å². The predicted octanol–water partition coefficient (Wildman–Crippen LogP) is 1.84. The SMILES string of the molecule is C[C@@H]1C=CC=C[C@@H]1SCCO. The van der Waals surface area contributed by atoms with Crippen molar-refractivity contribution in [3.05, 3.63) is 24.3 Å². The van der Waals surface area contributed by atoms with E-state index in [2.05, 4.69) is 31.2 Å². The van der Waals surface area contributed by atoms with E-state index < -0.39 is 0 Å². The molecule has 11 heavy (non-hydrogen) atoms. The number of aliphatic hydroxyl groups is 1. The number of allylic oxidation sites excluding steroid dienone is 3. The maximum atomic E-state index is 8.62. The van der Waals surface area contributed by atoms with E-state index in [4.69, 9.17) is 5.11 Å². The lowest BCUT2D eigenvalue weighted by Crippen LogP contribution is -2.12. The predicted molar refractivity (Wildman–Crippen MR) is 50.8 cm³/mol. The van der Waals surface area contributed by atoms with Crippen molar-refractivity contribution in [3.63, 3.8) is 0 Å². The maximum Gasteiger partial charge on any atom is 0.0521 e. The van der Waals surface area contributed by atoms with Crippen LogP contribution in [-0.2, 0) is 0 Å². The van der Waals surface area contributed by atoms with Crippen LogP contribution in [-0.4, -0.2) is 22.7 Å². The summed E-state index contributed by atoms with van der Waals surface area (Å²) in [5.74, 6) is 1.45. The normalized spacial score (nSPS) is 29.3. The number of hydrogen-bond acceptors (Lipinski definition) is 2. The Kier molecular flexibility index (Phi) is 3.73. The van der Waals surface area contributed by atoms with Gasteiger partial charge in [-0.15, -0.1) is 0 Å². The third kappa shape index (κ3) is 2.72. The van der Waals surface area contributed by atoms with Crippen LogP contribution < -0.4 is 0 Å². The molecule has 0 fully saturated rings. The molecular weight excluding hydrogens is 156 g/mol. The summed E-state index contributed by atoms with van der Waals surface area (Å²) in [6, 6.07) is 0. The van der Waals surface area contributed by atoms with E-state index in [-0.39, 0.29) is 6.61 Å². The highest BCUT2D eigenvalue weighted by atomic mass is 32.2. The summed E-state index contributed by atoms with van der Waals surface area (Å²) in [4.78, 5) is 0. The van der Waals surface area contributed by atoms with Crippen molar-refractivity contribution in [3.8, 4) is 0 Å². The highest BCUT2D eigenvalue weighted by Crippen LogP contribution is 2.24. The highest BCUT2D eigenvalue weighted by molar-refractivity contribution is 8.00. The third-order valence-corrected chi connectivity index (χ3v) is 3.14. The summed E-state index contributed by atoms with van der Waals surface area (Å²) >= 11 is 1.82. The summed E-state index contributed by atoms with van der Waals surface area (Å²) in [6.45, 7) is 2.49. The minimum absolute atomic E-state index is 0.283. The molecule has 62 valence electrons. The fourth-order valence-electron chi connectivity index (χ4n) is 1.09. The molecule has 1 nitrogen and oxygen atoms in total. The fraction of sp³-hybridized carbons (Fsp3) is 0.556. The van der Waals surface area contributed by atoms with Crippen molar-refractivity contribution in [1.29, 1.82) is 0 Å². The van der Waals surface area contributed by atoms with Gasteiger partial charge in [-0.25, -0.2) is 0 Å². The monoisotopic (exact) mass is 170 g/mol. The number of aliphatic hydroxyl groups excluding tert-OH is 1. The smallest absolute Gasteiger partial charge is 0.0521 e. The second-order valence-electron chi connectivity index (χ2n) is 2.69. The van der Waals surface area contributed by atoms with E-state index >= 15 is 0 Å². The van der Waals surface area contributed by atoms with Crippen molar-refractivity contribution in [1.82, 2.24) is 0 Å². The van der Waals surface area contributed by atoms with E-state index in [9.17, 15) is 0 Å². The first-order valence-electron chi connectivity index (χ1n) is 3.92. The Morgan fingerprint density at radius 3 is 2.73 bits per heavy atom. The molecule has 0 bridgehead atoms. The first kappa shape index (κ1) is 8.88. The number of hydrogen-bond donors (Lipinski definition) is 1. The lowest BCUT2D eigenvalue weighted by Gasteiger charge is -2.18. The molecule has 0 heterocycles. The Bertz CT molecular complexity index is 163. The van der Waals surface area contributed by atoms with Gasteiger partial charge in [0.15, 0.2) is 0 Å². The van der Waals surface area contributed by atoms with Gasteiger partial charge in [-0.3, -0.25) is 0 Å². The summed E-state index contributed by atoms with van der Waals surface area (Å²) in [5, 5.41) is 9.18. The summed E-state index contributed by atoms with van der Waals surface area (Å²) < 4.78 is 0. The molecule has 0 aromatic carbocycles. The molecule has 1 rings (SSSR count). The van der Waals surface area contributed by atoms with Gasteiger partial charge in [0, 0.05) is 11.0 Å². The molecule has 0 amide bonds. The minimum Gasteiger partial charge on any atom is -0.396 e. The van der Waals surface area contributed by atoms with Gasteiger partial charge in [0.2, 0.25) is 0 Å². The quantitative estimate of drug-likeness (QED) is 0.697. The van der Waals surface area contributed by atoms with Crippen molar-refractivity contribution in [2.45, 2.75) is 12.2 Å². The van der Waals surface area contributed by atoms with Crippen LogP contribution in [0, 0.1) is 5.92 Å². The van der Waals surface area contributed by atoms with Crippen LogP contribution in [0.5, 0.6) is 0 Å². The lowest BCUT2D eigenvalue weighted by molar-refractivity contribution is 0.322. The average molecular weight is 170 g/mol. The Hall–Kier alpha value is -0.210. The zero-order valence-corrected chi connectivity index (χ0v) is 7.55. The Morgan fingerprint density at radius 2 is 2.09 bits per heavy atom. The molecular formula is C9H14OS. The van der Waals surface area contributed by atoms with Crippen molar-refractivity contribution < 1.29 is 5.11 Å². The van der Waals surface area contributed by atoms with Crippen molar-refractivity contribution >= 4 is 11.8 Å². The van der Waals surface area contributed by atoms with E-state index in [0.29, 0.717) is 11.2 Å². The zero-order chi connectivity index (χ0) is 8.10. The van der Waals surface area contributed by atoms with Crippen molar-refractivity contribution in [2.75, 3.05) is 12.4 Å². The molecule has 0 spiro atoms. The summed E-state index contributed by atoms with van der Waals surface area (Å²) in [7, 11) is 0. The Morgan fingerprint density at radius 1 is 1.36 bits per heavy atom. The van der Waals surface area contributed by atoms with Crippen LogP contribution in [0.15, 0.2) is 24.3 Å². The van der Waals surface area contributed by atoms with Gasteiger partial charge in [0.25, 0.3) is 0 Å². The van der Waals surface area contributed by atoms with Crippen LogP contribution >= 0.6 is 11.8 Å². The largest absolute Gasteiger partial charge is 0.396 e. The van der Waals surface area contributed by atoms with Gasteiger partial charge in [0.1, 0.15) is 0 Å². The first-order chi connectivity index (χ1) is 5.34. The minimum atomic E-state index is 0.283. The molecule has 0 unspecified atom stereocenters. The molecule has 0 aromatic heterocycles. The number of rotatable bonds is 3. The Labute approximate surface area is 72.2 Å². The standard InChI is InChI=1S/C9H14OS/c1-8-4-2-3-5-9(8)11-7-6-10/h2-5,8-10H,6-7H2,1H3/t8-,9+/m1/s1. The van der Waals surface area contributed by atoms with Crippen LogP contribution in [0.4, 0.5) is 0 Å². The number of thioether (sulfide) groups is 1. The lowest BCUT2D eigenvalue weighted by atomic mass is 10.0. The maximum absolute atomic E-state index is 8.62. The molecule has 0 aliphatic heterocycles. The van der Waals surface area contributed by atoms with Crippen LogP contribution in [0.3, 0.4) is 0 Å². The van der Waals surface area contributed by atoms with E-state index in [1.165, 1.54) is 0 Å². The van der Waals surface area contributed by atoms with Gasteiger partial charge in [-0.2, -0.15) is 11.8 Å². The molecule has 1 N–H and O–H groups in total. The molecule has 1 aliphatic carbocycles. The van der Waals surface area contributed by atoms with Gasteiger partial charge < -0.3 is 5.11 Å². The van der Waals surface area contributed by atoms with Crippen molar-refractivity contribution in [2.24, 2.45) is 5.92 Å². The zero-order valence-electron chi connectivity index (χ0n) is 6.73. The van der Waals surface area contributed by atoms with E-state index in [0.717, 1.165) is 5.75 Å². The molecule has 0 aromatic rings. The van der Waals surface area contributed by atoms with Gasteiger partial charge in [0.05, 0.1) is 6.61 Å². The molecule has 2 heteroatoms. The van der Waals surface area contributed by atoms with E-state index in [1.54, 1.807) is 0 Å². The highest BCUT2D eigenvalue weighted by Gasteiger charge is 2.12. The molecule has 2 atom stereocenters. The van der Waals surface area contributed by atoms with Crippen LogP contribution in [0.1, 0.15) is 6.92 Å². The molecule has 0 saturated carbocycles. The molecule has 0 saturated heterocycles. The average Bonchev–Trinajstić information content (AvgIpc) is 2.03. The second-order valence-corrected chi connectivity index (χ2v) is 3.97. The summed E-state index contributed by atoms with van der Waals surface area (Å²) in [6.07, 6.45) is 8.57. The first-order valence-corrected chi connectivity index (χ1v) is 4.97. The van der Waals surface area contributed by atoms with E-state index in [1.807, 2.05) is 11.8 Å².